The van der Waals surface area contributed by atoms with Gasteiger partial charge in [0.15, 0.2) is 0 Å². The van der Waals surface area contributed by atoms with Crippen molar-refractivity contribution in [3.8, 4) is 5.75 Å². The largest absolute Gasteiger partial charge is 0.488 e. The molecule has 2 rings (SSSR count). The van der Waals surface area contributed by atoms with Crippen molar-refractivity contribution in [2.45, 2.75) is 13.2 Å². The summed E-state index contributed by atoms with van der Waals surface area (Å²) in [7, 11) is 0. The highest BCUT2D eigenvalue weighted by Crippen LogP contribution is 2.29. The zero-order chi connectivity index (χ0) is 14.5. The Morgan fingerprint density at radius 3 is 2.55 bits per heavy atom. The Kier molecular flexibility index (Phi) is 4.70. The van der Waals surface area contributed by atoms with E-state index in [0.29, 0.717) is 21.3 Å². The third-order valence-corrected chi connectivity index (χ3v) is 3.70. The van der Waals surface area contributed by atoms with Gasteiger partial charge in [-0.05, 0) is 22.0 Å². The maximum atomic E-state index is 10.9. The average Bonchev–Trinajstić information content (AvgIpc) is 2.46. The number of hydrogen-bond acceptors (Lipinski definition) is 4. The molecule has 0 saturated carbocycles. The van der Waals surface area contributed by atoms with Gasteiger partial charge in [0, 0.05) is 17.2 Å². The van der Waals surface area contributed by atoms with E-state index in [-0.39, 0.29) is 18.9 Å². The quantitative estimate of drug-likeness (QED) is 0.670. The van der Waals surface area contributed by atoms with Crippen molar-refractivity contribution in [1.82, 2.24) is 0 Å². The molecule has 0 radical (unpaired) electrons. The minimum Gasteiger partial charge on any atom is -0.488 e. The van der Waals surface area contributed by atoms with E-state index >= 15 is 0 Å². The minimum atomic E-state index is -0.449. The number of nitrogens with zero attached hydrogens (tertiary/aromatic N) is 1. The Morgan fingerprint density at radius 2 is 1.85 bits per heavy atom. The van der Waals surface area contributed by atoms with Crippen molar-refractivity contribution in [2.75, 3.05) is 0 Å². The van der Waals surface area contributed by atoms with Crippen LogP contribution in [0, 0.1) is 10.1 Å². The third kappa shape index (κ3) is 3.15. The lowest BCUT2D eigenvalue weighted by molar-refractivity contribution is -0.385. The van der Waals surface area contributed by atoms with Crippen LogP contribution in [0.2, 0.25) is 0 Å². The summed E-state index contributed by atoms with van der Waals surface area (Å²) < 4.78 is 6.03. The first-order valence-electron chi connectivity index (χ1n) is 5.87. The molecule has 0 aromatic heterocycles. The molecule has 2 aromatic carbocycles. The third-order valence-electron chi connectivity index (χ3n) is 2.78. The van der Waals surface area contributed by atoms with Crippen LogP contribution < -0.4 is 4.74 Å². The van der Waals surface area contributed by atoms with Gasteiger partial charge in [0.2, 0.25) is 0 Å². The van der Waals surface area contributed by atoms with Crippen LogP contribution in [0.4, 0.5) is 5.69 Å². The molecule has 1 N–H and O–H groups in total. The molecule has 0 fully saturated rings. The zero-order valence-electron chi connectivity index (χ0n) is 10.5. The second-order valence-corrected chi connectivity index (χ2v) is 4.85. The number of benzene rings is 2. The molecule has 0 saturated heterocycles. The van der Waals surface area contributed by atoms with Crippen LogP contribution in [0.15, 0.2) is 46.9 Å². The molecule has 0 unspecified atom stereocenters. The van der Waals surface area contributed by atoms with Gasteiger partial charge >= 0.3 is 0 Å². The Morgan fingerprint density at radius 1 is 1.15 bits per heavy atom. The molecule has 0 atom stereocenters. The predicted molar refractivity (Wildman–Crippen MR) is 77.5 cm³/mol. The molecule has 0 bridgehead atoms. The number of nitro benzene ring substituents is 1. The zero-order valence-corrected chi connectivity index (χ0v) is 12.0. The van der Waals surface area contributed by atoms with E-state index in [1.165, 1.54) is 6.07 Å². The summed E-state index contributed by atoms with van der Waals surface area (Å²) in [5, 5.41) is 20.1. The van der Waals surface area contributed by atoms with E-state index in [1.807, 2.05) is 6.07 Å². The lowest BCUT2D eigenvalue weighted by Crippen LogP contribution is -2.01. The molecule has 0 aliphatic rings. The van der Waals surface area contributed by atoms with Gasteiger partial charge in [-0.2, -0.15) is 0 Å². The van der Waals surface area contributed by atoms with Crippen LogP contribution in [0.5, 0.6) is 5.75 Å². The lowest BCUT2D eigenvalue weighted by Gasteiger charge is -2.11. The molecule has 20 heavy (non-hydrogen) atoms. The smallest absolute Gasteiger partial charge is 0.283 e. The summed E-state index contributed by atoms with van der Waals surface area (Å²) in [6, 6.07) is 11.9. The average molecular weight is 338 g/mol. The molecule has 104 valence electrons. The van der Waals surface area contributed by atoms with Crippen molar-refractivity contribution >= 4 is 21.6 Å². The summed E-state index contributed by atoms with van der Waals surface area (Å²) in [6.45, 7) is 0.0611. The van der Waals surface area contributed by atoms with Gasteiger partial charge in [0.25, 0.3) is 5.69 Å². The number of nitro groups is 1. The summed E-state index contributed by atoms with van der Waals surface area (Å²) >= 11 is 3.22. The fraction of sp³-hybridized carbons (Fsp3) is 0.143. The minimum absolute atomic E-state index is 0.00143. The number of para-hydroxylation sites is 1. The molecule has 0 spiro atoms. The fourth-order valence-electron chi connectivity index (χ4n) is 1.75. The molecule has 5 nitrogen and oxygen atoms in total. The highest BCUT2D eigenvalue weighted by atomic mass is 79.9. The van der Waals surface area contributed by atoms with Crippen LogP contribution in [0.3, 0.4) is 0 Å². The van der Waals surface area contributed by atoms with E-state index in [9.17, 15) is 15.2 Å². The molecule has 2 aromatic rings. The first-order chi connectivity index (χ1) is 9.63. The van der Waals surface area contributed by atoms with Gasteiger partial charge in [-0.3, -0.25) is 10.1 Å². The summed E-state index contributed by atoms with van der Waals surface area (Å²) in [4.78, 5) is 10.4. The first-order valence-corrected chi connectivity index (χ1v) is 6.66. The lowest BCUT2D eigenvalue weighted by atomic mass is 10.2. The fourth-order valence-corrected chi connectivity index (χ4v) is 2.27. The van der Waals surface area contributed by atoms with Gasteiger partial charge in [0.05, 0.1) is 11.5 Å². The van der Waals surface area contributed by atoms with Gasteiger partial charge in [-0.25, -0.2) is 0 Å². The normalized spacial score (nSPS) is 10.3. The summed E-state index contributed by atoms with van der Waals surface area (Å²) in [5.41, 5.74) is 1.35. The summed E-state index contributed by atoms with van der Waals surface area (Å²) in [6.07, 6.45) is 0. The number of hydrogen-bond donors (Lipinski definition) is 1. The van der Waals surface area contributed by atoms with Crippen molar-refractivity contribution in [2.24, 2.45) is 0 Å². The molecular formula is C14H12BrNO4. The molecule has 0 heterocycles. The van der Waals surface area contributed by atoms with E-state index < -0.39 is 4.92 Å². The maximum absolute atomic E-state index is 10.9. The van der Waals surface area contributed by atoms with E-state index in [1.54, 1.807) is 30.3 Å². The molecule has 0 amide bonds. The highest BCUT2D eigenvalue weighted by Gasteiger charge is 2.15. The van der Waals surface area contributed by atoms with Crippen molar-refractivity contribution in [3.63, 3.8) is 0 Å². The van der Waals surface area contributed by atoms with Gasteiger partial charge in [-0.1, -0.05) is 30.3 Å². The number of aliphatic hydroxyl groups excluding tert-OH is 1. The Labute approximate surface area is 124 Å². The van der Waals surface area contributed by atoms with E-state index in [2.05, 4.69) is 15.9 Å². The van der Waals surface area contributed by atoms with Crippen molar-refractivity contribution in [1.29, 1.82) is 0 Å². The van der Waals surface area contributed by atoms with Gasteiger partial charge in [-0.15, -0.1) is 0 Å². The second-order valence-electron chi connectivity index (χ2n) is 4.06. The second kappa shape index (κ2) is 6.49. The Hall–Kier alpha value is -1.92. The van der Waals surface area contributed by atoms with Crippen LogP contribution in [-0.2, 0) is 13.2 Å². The maximum Gasteiger partial charge on any atom is 0.283 e. The van der Waals surface area contributed by atoms with Crippen LogP contribution >= 0.6 is 15.9 Å². The molecule has 0 aliphatic carbocycles. The molecular weight excluding hydrogens is 326 g/mol. The van der Waals surface area contributed by atoms with Crippen molar-refractivity contribution in [3.05, 3.63) is 68.2 Å². The van der Waals surface area contributed by atoms with Gasteiger partial charge in [0.1, 0.15) is 16.8 Å². The predicted octanol–water partition coefficient (Wildman–Crippen LogP) is 3.43. The number of aliphatic hydroxyl groups is 1. The van der Waals surface area contributed by atoms with Crippen LogP contribution in [0.25, 0.3) is 0 Å². The SMILES string of the molecule is O=[N+]([O-])c1cccc(COc2ccccc2CO)c1Br. The number of rotatable bonds is 5. The monoisotopic (exact) mass is 337 g/mol. The van der Waals surface area contributed by atoms with Gasteiger partial charge < -0.3 is 9.84 Å². The Bertz CT molecular complexity index is 630. The van der Waals surface area contributed by atoms with E-state index in [0.717, 1.165) is 0 Å². The summed E-state index contributed by atoms with van der Waals surface area (Å²) in [5.74, 6) is 0.563. The van der Waals surface area contributed by atoms with Crippen LogP contribution in [-0.4, -0.2) is 10.0 Å². The molecule has 0 aliphatic heterocycles. The molecule has 6 heteroatoms. The number of halogens is 1. The highest BCUT2D eigenvalue weighted by molar-refractivity contribution is 9.10. The van der Waals surface area contributed by atoms with Crippen molar-refractivity contribution < 1.29 is 14.8 Å². The topological polar surface area (TPSA) is 72.6 Å². The van der Waals surface area contributed by atoms with E-state index in [4.69, 9.17) is 4.74 Å². The Balaban J connectivity index is 2.19. The van der Waals surface area contributed by atoms with Crippen LogP contribution in [0.1, 0.15) is 11.1 Å². The standard InChI is InChI=1S/C14H12BrNO4/c15-14-11(5-3-6-12(14)16(18)19)9-20-13-7-2-1-4-10(13)8-17/h1-7,17H,8-9H2. The first kappa shape index (κ1) is 14.5. The number of ether oxygens (including phenoxy) is 1.